The average Bonchev–Trinajstić information content (AvgIpc) is 2.84. The van der Waals surface area contributed by atoms with Crippen LogP contribution in [0.15, 0.2) is 64.0 Å². The van der Waals surface area contributed by atoms with Gasteiger partial charge in [-0.3, -0.25) is 9.52 Å². The van der Waals surface area contributed by atoms with Crippen molar-refractivity contribution >= 4 is 43.2 Å². The molecule has 1 amide bonds. The molecule has 186 valence electrons. The highest BCUT2D eigenvalue weighted by molar-refractivity contribution is 9.10. The standard InChI is InChI=1S/C24H25BrN2O7S/c1-31-19-10-9-18(14-22(19)35(29,30)27-17-7-5-16(25)6-8-17)26-23(28)13-15-11-20(32-2)24(34-4)21(12-15)33-3/h5-12,14,27H,13H2,1-4H3,(H,26,28). The number of halogens is 1. The zero-order valence-electron chi connectivity index (χ0n) is 19.5. The molecule has 0 spiro atoms. The Balaban J connectivity index is 1.83. The first kappa shape index (κ1) is 26.2. The maximum atomic E-state index is 13.0. The van der Waals surface area contributed by atoms with Crippen molar-refractivity contribution in [2.24, 2.45) is 0 Å². The van der Waals surface area contributed by atoms with Gasteiger partial charge in [-0.15, -0.1) is 0 Å². The van der Waals surface area contributed by atoms with Crippen LogP contribution < -0.4 is 29.0 Å². The Morgan fingerprint density at radius 3 is 1.91 bits per heavy atom. The third-order valence-electron chi connectivity index (χ3n) is 4.92. The maximum absolute atomic E-state index is 13.0. The molecule has 11 heteroatoms. The molecular formula is C24H25BrN2O7S. The molecule has 0 aromatic heterocycles. The van der Waals surface area contributed by atoms with E-state index in [9.17, 15) is 13.2 Å². The first-order valence-electron chi connectivity index (χ1n) is 10.3. The summed E-state index contributed by atoms with van der Waals surface area (Å²) in [5.74, 6) is 1.03. The number of hydrogen-bond acceptors (Lipinski definition) is 7. The molecule has 3 rings (SSSR count). The molecule has 9 nitrogen and oxygen atoms in total. The predicted octanol–water partition coefficient (Wildman–Crippen LogP) is 4.47. The minimum Gasteiger partial charge on any atom is -0.495 e. The molecule has 3 aromatic rings. The number of methoxy groups -OCH3 is 4. The summed E-state index contributed by atoms with van der Waals surface area (Å²) in [4.78, 5) is 12.6. The van der Waals surface area contributed by atoms with E-state index in [1.165, 1.54) is 40.6 Å². The van der Waals surface area contributed by atoms with Crippen molar-refractivity contribution in [3.05, 3.63) is 64.6 Å². The van der Waals surface area contributed by atoms with Crippen molar-refractivity contribution in [2.75, 3.05) is 38.5 Å². The summed E-state index contributed by atoms with van der Waals surface area (Å²) in [5.41, 5.74) is 1.29. The molecule has 35 heavy (non-hydrogen) atoms. The van der Waals surface area contributed by atoms with Crippen LogP contribution in [0.5, 0.6) is 23.0 Å². The van der Waals surface area contributed by atoms with E-state index in [4.69, 9.17) is 18.9 Å². The topological polar surface area (TPSA) is 112 Å². The van der Waals surface area contributed by atoms with Gasteiger partial charge in [0, 0.05) is 15.8 Å². The van der Waals surface area contributed by atoms with Crippen molar-refractivity contribution in [1.82, 2.24) is 0 Å². The van der Waals surface area contributed by atoms with E-state index in [0.717, 1.165) is 4.47 Å². The second-order valence-corrected chi connectivity index (χ2v) is 9.80. The van der Waals surface area contributed by atoms with Crippen LogP contribution in [0.4, 0.5) is 11.4 Å². The molecule has 0 aliphatic carbocycles. The number of sulfonamides is 1. The molecule has 0 radical (unpaired) electrons. The zero-order valence-corrected chi connectivity index (χ0v) is 21.9. The highest BCUT2D eigenvalue weighted by atomic mass is 79.9. The van der Waals surface area contributed by atoms with Crippen LogP contribution >= 0.6 is 15.9 Å². The smallest absolute Gasteiger partial charge is 0.265 e. The van der Waals surface area contributed by atoms with Crippen LogP contribution in [0.3, 0.4) is 0 Å². The lowest BCUT2D eigenvalue weighted by Crippen LogP contribution is -2.17. The number of ether oxygens (including phenoxy) is 4. The van der Waals surface area contributed by atoms with Gasteiger partial charge in [-0.25, -0.2) is 8.42 Å². The van der Waals surface area contributed by atoms with E-state index in [1.807, 2.05) is 0 Å². The number of nitrogens with one attached hydrogen (secondary N) is 2. The van der Waals surface area contributed by atoms with Gasteiger partial charge < -0.3 is 24.3 Å². The third kappa shape index (κ3) is 6.37. The molecule has 0 atom stereocenters. The summed E-state index contributed by atoms with van der Waals surface area (Å²) in [6, 6.07) is 14.4. The van der Waals surface area contributed by atoms with Crippen LogP contribution in [0.25, 0.3) is 0 Å². The minimum absolute atomic E-state index is 0.0119. The van der Waals surface area contributed by atoms with Gasteiger partial charge in [0.15, 0.2) is 11.5 Å². The third-order valence-corrected chi connectivity index (χ3v) is 6.85. The normalized spacial score (nSPS) is 10.9. The SMILES string of the molecule is COc1ccc(NC(=O)Cc2cc(OC)c(OC)c(OC)c2)cc1S(=O)(=O)Nc1ccc(Br)cc1. The second-order valence-electron chi connectivity index (χ2n) is 7.24. The highest BCUT2D eigenvalue weighted by Crippen LogP contribution is 2.38. The van der Waals surface area contributed by atoms with Crippen molar-refractivity contribution in [3.63, 3.8) is 0 Å². The lowest BCUT2D eigenvalue weighted by Gasteiger charge is -2.15. The lowest BCUT2D eigenvalue weighted by atomic mass is 10.1. The first-order valence-corrected chi connectivity index (χ1v) is 12.5. The van der Waals surface area contributed by atoms with E-state index in [-0.39, 0.29) is 23.0 Å². The Bertz CT molecular complexity index is 1290. The average molecular weight is 565 g/mol. The molecule has 0 bridgehead atoms. The number of amides is 1. The highest BCUT2D eigenvalue weighted by Gasteiger charge is 2.21. The Morgan fingerprint density at radius 1 is 0.800 bits per heavy atom. The van der Waals surface area contributed by atoms with Crippen molar-refractivity contribution in [1.29, 1.82) is 0 Å². The summed E-state index contributed by atoms with van der Waals surface area (Å²) >= 11 is 3.31. The quantitative estimate of drug-likeness (QED) is 0.373. The monoisotopic (exact) mass is 564 g/mol. The van der Waals surface area contributed by atoms with Gasteiger partial charge in [-0.2, -0.15) is 0 Å². The van der Waals surface area contributed by atoms with Crippen molar-refractivity contribution in [3.8, 4) is 23.0 Å². The van der Waals surface area contributed by atoms with Crippen molar-refractivity contribution < 1.29 is 32.2 Å². The fourth-order valence-electron chi connectivity index (χ4n) is 3.32. The van der Waals surface area contributed by atoms with Crippen LogP contribution in [-0.2, 0) is 21.2 Å². The van der Waals surface area contributed by atoms with E-state index >= 15 is 0 Å². The molecule has 2 N–H and O–H groups in total. The van der Waals surface area contributed by atoms with Crippen LogP contribution in [-0.4, -0.2) is 42.8 Å². The first-order chi connectivity index (χ1) is 16.7. The predicted molar refractivity (Wildman–Crippen MR) is 136 cm³/mol. The Kier molecular flexibility index (Phi) is 8.47. The van der Waals surface area contributed by atoms with E-state index in [1.54, 1.807) is 42.5 Å². The Labute approximate surface area is 212 Å². The number of carbonyl (C=O) groups is 1. The number of benzene rings is 3. The Hall–Kier alpha value is -3.44. The van der Waals surface area contributed by atoms with Gasteiger partial charge in [-0.1, -0.05) is 15.9 Å². The summed E-state index contributed by atoms with van der Waals surface area (Å²) in [6.07, 6.45) is -0.0119. The van der Waals surface area contributed by atoms with Gasteiger partial charge in [0.1, 0.15) is 10.6 Å². The zero-order chi connectivity index (χ0) is 25.6. The van der Waals surface area contributed by atoms with Crippen molar-refractivity contribution in [2.45, 2.75) is 11.3 Å². The molecule has 0 heterocycles. The molecule has 0 fully saturated rings. The van der Waals surface area contributed by atoms with Gasteiger partial charge >= 0.3 is 0 Å². The summed E-state index contributed by atoms with van der Waals surface area (Å²) in [5, 5.41) is 2.72. The van der Waals surface area contributed by atoms with E-state index in [0.29, 0.717) is 34.2 Å². The summed E-state index contributed by atoms with van der Waals surface area (Å²) < 4.78 is 50.6. The second kappa shape index (κ2) is 11.3. The van der Waals surface area contributed by atoms with E-state index < -0.39 is 10.0 Å². The van der Waals surface area contributed by atoms with Gasteiger partial charge in [0.2, 0.25) is 11.7 Å². The Morgan fingerprint density at radius 2 is 1.37 bits per heavy atom. The minimum atomic E-state index is -4.00. The molecular weight excluding hydrogens is 540 g/mol. The van der Waals surface area contributed by atoms with Gasteiger partial charge in [0.05, 0.1) is 34.9 Å². The molecule has 0 unspecified atom stereocenters. The summed E-state index contributed by atoms with van der Waals surface area (Å²) in [6.45, 7) is 0. The number of anilines is 2. The maximum Gasteiger partial charge on any atom is 0.265 e. The molecule has 0 aliphatic rings. The van der Waals surface area contributed by atoms with Gasteiger partial charge in [0.25, 0.3) is 10.0 Å². The van der Waals surface area contributed by atoms with Crippen LogP contribution in [0.2, 0.25) is 0 Å². The van der Waals surface area contributed by atoms with E-state index in [2.05, 4.69) is 26.0 Å². The largest absolute Gasteiger partial charge is 0.495 e. The number of hydrogen-bond donors (Lipinski definition) is 2. The molecule has 3 aromatic carbocycles. The number of rotatable bonds is 10. The van der Waals surface area contributed by atoms with Gasteiger partial charge in [-0.05, 0) is 60.2 Å². The molecule has 0 saturated heterocycles. The number of carbonyl (C=O) groups excluding carboxylic acids is 1. The van der Waals surface area contributed by atoms with Crippen LogP contribution in [0, 0.1) is 0 Å². The summed E-state index contributed by atoms with van der Waals surface area (Å²) in [7, 11) is 1.84. The molecule has 0 aliphatic heterocycles. The lowest BCUT2D eigenvalue weighted by molar-refractivity contribution is -0.115. The fourth-order valence-corrected chi connectivity index (χ4v) is 4.84. The fraction of sp³-hybridized carbons (Fsp3) is 0.208. The van der Waals surface area contributed by atoms with Crippen LogP contribution in [0.1, 0.15) is 5.56 Å². The molecule has 0 saturated carbocycles.